The van der Waals surface area contributed by atoms with Crippen LogP contribution in [0.1, 0.15) is 36.0 Å². The molecule has 0 N–H and O–H groups in total. The maximum absolute atomic E-state index is 12.3. The molecule has 1 saturated heterocycles. The van der Waals surface area contributed by atoms with E-state index in [1.807, 2.05) is 4.90 Å². The molecule has 1 fully saturated rings. The van der Waals surface area contributed by atoms with Gasteiger partial charge in [0.1, 0.15) is 5.56 Å². The van der Waals surface area contributed by atoms with Gasteiger partial charge in [0.2, 0.25) is 5.88 Å². The maximum atomic E-state index is 12.3. The van der Waals surface area contributed by atoms with Gasteiger partial charge in [0, 0.05) is 26.1 Å². The number of nitrogens with zero attached hydrogens (tertiary/aromatic N) is 3. The number of hydrogen-bond donors (Lipinski definition) is 0. The zero-order valence-electron chi connectivity index (χ0n) is 9.89. The predicted octanol–water partition coefficient (Wildman–Crippen LogP) is 1.29. The number of aryl methyl sites for hydroxylation is 1. The molecule has 5 heteroatoms. The van der Waals surface area contributed by atoms with Gasteiger partial charge in [0.25, 0.3) is 5.91 Å². The van der Waals surface area contributed by atoms with E-state index in [1.54, 1.807) is 10.9 Å². The van der Waals surface area contributed by atoms with Crippen molar-refractivity contribution in [2.45, 2.75) is 32.2 Å². The number of fused-ring (bicyclic) bond motifs is 1. The van der Waals surface area contributed by atoms with E-state index in [0.29, 0.717) is 18.1 Å². The summed E-state index contributed by atoms with van der Waals surface area (Å²) in [4.78, 5) is 14.2. The van der Waals surface area contributed by atoms with Gasteiger partial charge in [-0.25, -0.2) is 4.68 Å². The molecule has 2 aliphatic rings. The Morgan fingerprint density at radius 3 is 2.82 bits per heavy atom. The fraction of sp³-hybridized carbons (Fsp3) is 0.667. The maximum Gasteiger partial charge on any atom is 0.260 e. The highest BCUT2D eigenvalue weighted by Crippen LogP contribution is 2.24. The average Bonchev–Trinajstić information content (AvgIpc) is 2.83. The number of piperidine rings is 1. The molecular formula is C12H17N3O2. The van der Waals surface area contributed by atoms with E-state index in [4.69, 9.17) is 4.74 Å². The molecule has 0 spiro atoms. The fourth-order valence-electron chi connectivity index (χ4n) is 2.48. The molecule has 1 aromatic heterocycles. The lowest BCUT2D eigenvalue weighted by Crippen LogP contribution is -2.35. The summed E-state index contributed by atoms with van der Waals surface area (Å²) in [5.41, 5.74) is 0.631. The highest BCUT2D eigenvalue weighted by atomic mass is 16.5. The van der Waals surface area contributed by atoms with Crippen LogP contribution >= 0.6 is 0 Å². The Kier molecular flexibility index (Phi) is 2.74. The third-order valence-corrected chi connectivity index (χ3v) is 3.42. The number of ether oxygens (including phenoxy) is 1. The summed E-state index contributed by atoms with van der Waals surface area (Å²) in [5.74, 6) is 0.736. The molecule has 0 radical (unpaired) electrons. The molecule has 1 aromatic rings. The smallest absolute Gasteiger partial charge is 0.260 e. The number of carbonyl (C=O) groups excluding carboxylic acids is 1. The molecule has 92 valence electrons. The van der Waals surface area contributed by atoms with Crippen molar-refractivity contribution in [1.29, 1.82) is 0 Å². The minimum atomic E-state index is 0.0767. The van der Waals surface area contributed by atoms with E-state index in [1.165, 1.54) is 6.42 Å². The summed E-state index contributed by atoms with van der Waals surface area (Å²) in [7, 11) is 0. The molecule has 3 heterocycles. The SMILES string of the molecule is O=C(c1cnn2c1OCCC2)N1CCCCC1. The number of aromatic nitrogens is 2. The van der Waals surface area contributed by atoms with Crippen molar-refractivity contribution in [3.05, 3.63) is 11.8 Å². The summed E-state index contributed by atoms with van der Waals surface area (Å²) in [6.45, 7) is 3.27. The standard InChI is InChI=1S/C12H17N3O2/c16-11(14-5-2-1-3-6-14)10-9-13-15-7-4-8-17-12(10)15/h9H,1-8H2. The molecule has 3 rings (SSSR count). The molecule has 0 unspecified atom stereocenters. The molecule has 17 heavy (non-hydrogen) atoms. The van der Waals surface area contributed by atoms with E-state index in [2.05, 4.69) is 5.10 Å². The Hall–Kier alpha value is -1.52. The summed E-state index contributed by atoms with van der Waals surface area (Å²) in [6.07, 6.45) is 6.06. The number of likely N-dealkylation sites (tertiary alicyclic amines) is 1. The van der Waals surface area contributed by atoms with Crippen molar-refractivity contribution >= 4 is 5.91 Å². The van der Waals surface area contributed by atoms with Gasteiger partial charge < -0.3 is 9.64 Å². The number of hydrogen-bond acceptors (Lipinski definition) is 3. The van der Waals surface area contributed by atoms with Crippen LogP contribution in [0.3, 0.4) is 0 Å². The van der Waals surface area contributed by atoms with Crippen molar-refractivity contribution < 1.29 is 9.53 Å². The highest BCUT2D eigenvalue weighted by molar-refractivity contribution is 5.96. The fourth-order valence-corrected chi connectivity index (χ4v) is 2.48. The van der Waals surface area contributed by atoms with Crippen LogP contribution < -0.4 is 4.74 Å². The van der Waals surface area contributed by atoms with Crippen LogP contribution in [0, 0.1) is 0 Å². The molecular weight excluding hydrogens is 218 g/mol. The lowest BCUT2D eigenvalue weighted by Gasteiger charge is -2.26. The van der Waals surface area contributed by atoms with Crippen LogP contribution in [0.15, 0.2) is 6.20 Å². The van der Waals surface area contributed by atoms with E-state index < -0.39 is 0 Å². The Bertz CT molecular complexity index is 421. The van der Waals surface area contributed by atoms with Crippen LogP contribution in [-0.2, 0) is 6.54 Å². The van der Waals surface area contributed by atoms with E-state index in [0.717, 1.165) is 38.9 Å². The van der Waals surface area contributed by atoms with Crippen molar-refractivity contribution in [1.82, 2.24) is 14.7 Å². The number of rotatable bonds is 1. The average molecular weight is 235 g/mol. The van der Waals surface area contributed by atoms with Gasteiger partial charge in [0.15, 0.2) is 0 Å². The first kappa shape index (κ1) is 10.6. The Labute approximate surface area is 100 Å². The van der Waals surface area contributed by atoms with Crippen molar-refractivity contribution in [3.8, 4) is 5.88 Å². The predicted molar refractivity (Wildman–Crippen MR) is 62.1 cm³/mol. The first-order chi connectivity index (χ1) is 8.36. The summed E-state index contributed by atoms with van der Waals surface area (Å²) >= 11 is 0. The van der Waals surface area contributed by atoms with Crippen LogP contribution in [0.25, 0.3) is 0 Å². The van der Waals surface area contributed by atoms with Crippen molar-refractivity contribution in [2.24, 2.45) is 0 Å². The minimum Gasteiger partial charge on any atom is -0.477 e. The largest absolute Gasteiger partial charge is 0.477 e. The van der Waals surface area contributed by atoms with Crippen LogP contribution in [-0.4, -0.2) is 40.3 Å². The summed E-state index contributed by atoms with van der Waals surface area (Å²) < 4.78 is 7.35. The van der Waals surface area contributed by atoms with E-state index >= 15 is 0 Å². The number of amides is 1. The molecule has 5 nitrogen and oxygen atoms in total. The summed E-state index contributed by atoms with van der Waals surface area (Å²) in [5, 5.41) is 4.22. The molecule has 0 aromatic carbocycles. The molecule has 0 aliphatic carbocycles. The normalized spacial score (nSPS) is 19.6. The van der Waals surface area contributed by atoms with Gasteiger partial charge in [-0.3, -0.25) is 4.79 Å². The van der Waals surface area contributed by atoms with E-state index in [-0.39, 0.29) is 5.91 Å². The molecule has 1 amide bonds. The first-order valence-electron chi connectivity index (χ1n) is 6.34. The molecule has 2 aliphatic heterocycles. The Morgan fingerprint density at radius 1 is 1.18 bits per heavy atom. The number of carbonyl (C=O) groups is 1. The minimum absolute atomic E-state index is 0.0767. The Balaban J connectivity index is 1.83. The third kappa shape index (κ3) is 1.90. The van der Waals surface area contributed by atoms with Crippen molar-refractivity contribution in [3.63, 3.8) is 0 Å². The first-order valence-corrected chi connectivity index (χ1v) is 6.34. The zero-order chi connectivity index (χ0) is 11.7. The second kappa shape index (κ2) is 4.39. The topological polar surface area (TPSA) is 47.4 Å². The van der Waals surface area contributed by atoms with E-state index in [9.17, 15) is 4.79 Å². The monoisotopic (exact) mass is 235 g/mol. The highest BCUT2D eigenvalue weighted by Gasteiger charge is 2.26. The second-order valence-electron chi connectivity index (χ2n) is 4.64. The molecule has 0 bridgehead atoms. The van der Waals surface area contributed by atoms with Gasteiger partial charge in [-0.2, -0.15) is 5.10 Å². The lowest BCUT2D eigenvalue weighted by atomic mass is 10.1. The molecule has 0 saturated carbocycles. The van der Waals surface area contributed by atoms with Gasteiger partial charge in [-0.1, -0.05) is 0 Å². The van der Waals surface area contributed by atoms with Gasteiger partial charge in [-0.15, -0.1) is 0 Å². The van der Waals surface area contributed by atoms with Gasteiger partial charge in [0.05, 0.1) is 12.8 Å². The second-order valence-corrected chi connectivity index (χ2v) is 4.64. The van der Waals surface area contributed by atoms with Gasteiger partial charge in [-0.05, 0) is 19.3 Å². The van der Waals surface area contributed by atoms with Crippen LogP contribution in [0.2, 0.25) is 0 Å². The quantitative estimate of drug-likeness (QED) is 0.737. The lowest BCUT2D eigenvalue weighted by molar-refractivity contribution is 0.0717. The third-order valence-electron chi connectivity index (χ3n) is 3.42. The molecule has 0 atom stereocenters. The Morgan fingerprint density at radius 2 is 2.00 bits per heavy atom. The zero-order valence-corrected chi connectivity index (χ0v) is 9.89. The van der Waals surface area contributed by atoms with Crippen molar-refractivity contribution in [2.75, 3.05) is 19.7 Å². The van der Waals surface area contributed by atoms with Crippen LogP contribution in [0.4, 0.5) is 0 Å². The summed E-state index contributed by atoms with van der Waals surface area (Å²) in [6, 6.07) is 0. The van der Waals surface area contributed by atoms with Gasteiger partial charge >= 0.3 is 0 Å². The van der Waals surface area contributed by atoms with Crippen LogP contribution in [0.5, 0.6) is 5.88 Å².